The molecule has 1 rings (SSSR count). The lowest BCUT2D eigenvalue weighted by molar-refractivity contribution is -0.122. The highest BCUT2D eigenvalue weighted by atomic mass is 32.1. The van der Waals surface area contributed by atoms with Crippen LogP contribution in [0.25, 0.3) is 0 Å². The molecule has 0 atom stereocenters. The van der Waals surface area contributed by atoms with Gasteiger partial charge in [-0.15, -0.1) is 12.3 Å². The molecule has 0 aromatic rings. The summed E-state index contributed by atoms with van der Waals surface area (Å²) in [4.78, 5) is 11.3. The molecule has 0 aromatic carbocycles. The van der Waals surface area contributed by atoms with Gasteiger partial charge in [0.1, 0.15) is 0 Å². The van der Waals surface area contributed by atoms with E-state index in [1.54, 1.807) is 0 Å². The standard InChI is InChI=1S/C10H15NOS/c1-2-3-6-11-9(12)7-10(8-13)4-5-10/h1,13H,3-8H2,(H,11,12). The van der Waals surface area contributed by atoms with Crippen LogP contribution in [0.15, 0.2) is 0 Å². The number of nitrogens with one attached hydrogen (secondary N) is 1. The molecule has 13 heavy (non-hydrogen) atoms. The van der Waals surface area contributed by atoms with Gasteiger partial charge in [-0.2, -0.15) is 12.6 Å². The molecule has 1 fully saturated rings. The Morgan fingerprint density at radius 3 is 2.77 bits per heavy atom. The van der Waals surface area contributed by atoms with E-state index in [0.29, 0.717) is 19.4 Å². The Hall–Kier alpha value is -0.620. The lowest BCUT2D eigenvalue weighted by Crippen LogP contribution is -2.27. The van der Waals surface area contributed by atoms with E-state index in [1.165, 1.54) is 0 Å². The topological polar surface area (TPSA) is 29.1 Å². The summed E-state index contributed by atoms with van der Waals surface area (Å²) in [5.74, 6) is 3.41. The molecule has 0 aromatic heterocycles. The number of thiol groups is 1. The lowest BCUT2D eigenvalue weighted by atomic mass is 10.1. The average molecular weight is 197 g/mol. The van der Waals surface area contributed by atoms with Gasteiger partial charge in [0.2, 0.25) is 5.91 Å². The summed E-state index contributed by atoms with van der Waals surface area (Å²) >= 11 is 4.24. The summed E-state index contributed by atoms with van der Waals surface area (Å²) in [5, 5.41) is 2.80. The molecule has 1 saturated carbocycles. The van der Waals surface area contributed by atoms with E-state index in [2.05, 4.69) is 23.9 Å². The minimum atomic E-state index is 0.113. The van der Waals surface area contributed by atoms with Crippen molar-refractivity contribution >= 4 is 18.5 Å². The number of terminal acetylenes is 1. The van der Waals surface area contributed by atoms with Gasteiger partial charge in [-0.25, -0.2) is 0 Å². The maximum atomic E-state index is 11.3. The van der Waals surface area contributed by atoms with E-state index in [4.69, 9.17) is 6.42 Å². The zero-order valence-electron chi connectivity index (χ0n) is 7.68. The highest BCUT2D eigenvalue weighted by molar-refractivity contribution is 7.80. The Bertz CT molecular complexity index is 228. The number of carbonyl (C=O) groups is 1. The van der Waals surface area contributed by atoms with Crippen molar-refractivity contribution in [3.05, 3.63) is 0 Å². The predicted octanol–water partition coefficient (Wildman–Crippen LogP) is 1.23. The molecule has 1 amide bonds. The highest BCUT2D eigenvalue weighted by Gasteiger charge is 2.42. The second-order valence-electron chi connectivity index (χ2n) is 3.64. The first kappa shape index (κ1) is 10.5. The smallest absolute Gasteiger partial charge is 0.220 e. The first-order valence-electron chi connectivity index (χ1n) is 4.53. The van der Waals surface area contributed by atoms with Gasteiger partial charge in [-0.05, 0) is 24.0 Å². The van der Waals surface area contributed by atoms with Crippen LogP contribution < -0.4 is 5.32 Å². The fourth-order valence-electron chi connectivity index (χ4n) is 1.24. The second-order valence-corrected chi connectivity index (χ2v) is 3.96. The van der Waals surface area contributed by atoms with Crippen LogP contribution in [0.2, 0.25) is 0 Å². The van der Waals surface area contributed by atoms with Gasteiger partial charge in [-0.3, -0.25) is 4.79 Å². The van der Waals surface area contributed by atoms with Gasteiger partial charge in [0.15, 0.2) is 0 Å². The van der Waals surface area contributed by atoms with Crippen LogP contribution in [0.3, 0.4) is 0 Å². The van der Waals surface area contributed by atoms with Gasteiger partial charge in [-0.1, -0.05) is 0 Å². The van der Waals surface area contributed by atoms with Crippen LogP contribution in [0, 0.1) is 17.8 Å². The Kier molecular flexibility index (Phi) is 3.68. The molecule has 0 heterocycles. The monoisotopic (exact) mass is 197 g/mol. The summed E-state index contributed by atoms with van der Waals surface area (Å²) in [6.45, 7) is 0.595. The fraction of sp³-hybridized carbons (Fsp3) is 0.700. The zero-order chi connectivity index (χ0) is 9.73. The minimum absolute atomic E-state index is 0.113. The van der Waals surface area contributed by atoms with Crippen molar-refractivity contribution in [2.75, 3.05) is 12.3 Å². The SMILES string of the molecule is C#CCCNC(=O)CC1(CS)CC1. The van der Waals surface area contributed by atoms with Crippen molar-refractivity contribution in [3.8, 4) is 12.3 Å². The van der Waals surface area contributed by atoms with Crippen molar-refractivity contribution in [2.45, 2.75) is 25.7 Å². The van der Waals surface area contributed by atoms with Crippen LogP contribution in [0.5, 0.6) is 0 Å². The Balaban J connectivity index is 2.15. The third-order valence-corrected chi connectivity index (χ3v) is 3.09. The molecule has 0 unspecified atom stereocenters. The van der Waals surface area contributed by atoms with Gasteiger partial charge in [0, 0.05) is 19.4 Å². The zero-order valence-corrected chi connectivity index (χ0v) is 8.57. The largest absolute Gasteiger partial charge is 0.355 e. The third-order valence-electron chi connectivity index (χ3n) is 2.42. The van der Waals surface area contributed by atoms with Crippen LogP contribution in [0.4, 0.5) is 0 Å². The van der Waals surface area contributed by atoms with Crippen molar-refractivity contribution in [1.82, 2.24) is 5.32 Å². The van der Waals surface area contributed by atoms with Crippen molar-refractivity contribution in [3.63, 3.8) is 0 Å². The van der Waals surface area contributed by atoms with Crippen molar-refractivity contribution in [1.29, 1.82) is 0 Å². The summed E-state index contributed by atoms with van der Waals surface area (Å²) in [5.41, 5.74) is 0.212. The number of hydrogen-bond acceptors (Lipinski definition) is 2. The Morgan fingerprint density at radius 2 is 2.31 bits per heavy atom. The van der Waals surface area contributed by atoms with Gasteiger partial charge >= 0.3 is 0 Å². The Labute approximate surface area is 84.9 Å². The van der Waals surface area contributed by atoms with E-state index in [9.17, 15) is 4.79 Å². The van der Waals surface area contributed by atoms with E-state index >= 15 is 0 Å². The molecule has 72 valence electrons. The fourth-order valence-corrected chi connectivity index (χ4v) is 1.67. The Morgan fingerprint density at radius 1 is 1.62 bits per heavy atom. The van der Waals surface area contributed by atoms with Gasteiger partial charge < -0.3 is 5.32 Å². The maximum Gasteiger partial charge on any atom is 0.220 e. The number of rotatable bonds is 5. The number of amides is 1. The van der Waals surface area contributed by atoms with Crippen LogP contribution in [0.1, 0.15) is 25.7 Å². The molecule has 0 aliphatic heterocycles. The quantitative estimate of drug-likeness (QED) is 0.387. The average Bonchev–Trinajstić information content (AvgIpc) is 2.86. The van der Waals surface area contributed by atoms with Gasteiger partial charge in [0.05, 0.1) is 0 Å². The summed E-state index contributed by atoms with van der Waals surface area (Å²) in [7, 11) is 0. The molecule has 0 radical (unpaired) electrons. The highest BCUT2D eigenvalue weighted by Crippen LogP contribution is 2.49. The molecule has 0 spiro atoms. The van der Waals surface area contributed by atoms with E-state index < -0.39 is 0 Å². The normalized spacial score (nSPS) is 17.5. The molecule has 3 heteroatoms. The number of carbonyl (C=O) groups excluding carboxylic acids is 1. The summed E-state index contributed by atoms with van der Waals surface area (Å²) in [6, 6.07) is 0. The van der Waals surface area contributed by atoms with E-state index in [-0.39, 0.29) is 11.3 Å². The molecule has 0 bridgehead atoms. The van der Waals surface area contributed by atoms with E-state index in [1.807, 2.05) is 0 Å². The van der Waals surface area contributed by atoms with Gasteiger partial charge in [0.25, 0.3) is 0 Å². The molecule has 1 aliphatic carbocycles. The summed E-state index contributed by atoms with van der Waals surface area (Å²) in [6.07, 6.45) is 8.57. The summed E-state index contributed by atoms with van der Waals surface area (Å²) < 4.78 is 0. The third kappa shape index (κ3) is 3.31. The lowest BCUT2D eigenvalue weighted by Gasteiger charge is -2.10. The minimum Gasteiger partial charge on any atom is -0.355 e. The molecular formula is C10H15NOS. The molecule has 1 N–H and O–H groups in total. The first-order chi connectivity index (χ1) is 6.22. The van der Waals surface area contributed by atoms with Crippen LogP contribution in [-0.2, 0) is 4.79 Å². The van der Waals surface area contributed by atoms with Crippen LogP contribution >= 0.6 is 12.6 Å². The second kappa shape index (κ2) is 4.57. The van der Waals surface area contributed by atoms with E-state index in [0.717, 1.165) is 18.6 Å². The first-order valence-corrected chi connectivity index (χ1v) is 5.17. The molecule has 0 saturated heterocycles. The van der Waals surface area contributed by atoms with Crippen LogP contribution in [-0.4, -0.2) is 18.2 Å². The molecular weight excluding hydrogens is 182 g/mol. The number of hydrogen-bond donors (Lipinski definition) is 2. The predicted molar refractivity (Wildman–Crippen MR) is 56.6 cm³/mol. The molecule has 2 nitrogen and oxygen atoms in total. The van der Waals surface area contributed by atoms with Crippen molar-refractivity contribution < 1.29 is 4.79 Å². The maximum absolute atomic E-state index is 11.3. The van der Waals surface area contributed by atoms with Crippen molar-refractivity contribution in [2.24, 2.45) is 5.41 Å². The molecule has 1 aliphatic rings.